The Labute approximate surface area is 249 Å². The highest BCUT2D eigenvalue weighted by molar-refractivity contribution is 7.12. The number of para-hydroxylation sites is 2. The number of benzene rings is 3. The quantitative estimate of drug-likeness (QED) is 0.177. The monoisotopic (exact) mass is 572 g/mol. The molecule has 3 aromatic carbocycles. The van der Waals surface area contributed by atoms with E-state index in [-0.39, 0.29) is 17.5 Å². The second-order valence-corrected chi connectivity index (χ2v) is 12.4. The lowest BCUT2D eigenvalue weighted by atomic mass is 9.64. The minimum atomic E-state index is -1.28. The smallest absolute Gasteiger partial charge is 0.238 e. The van der Waals surface area contributed by atoms with Crippen LogP contribution in [0.3, 0.4) is 0 Å². The second-order valence-electron chi connectivity index (χ2n) is 11.4. The summed E-state index contributed by atoms with van der Waals surface area (Å²) in [4.78, 5) is 46.5. The Balaban J connectivity index is 1.43. The number of thiophene rings is 1. The van der Waals surface area contributed by atoms with E-state index in [9.17, 15) is 14.4 Å². The molecule has 0 aliphatic carbocycles. The van der Waals surface area contributed by atoms with Crippen LogP contribution in [0, 0.1) is 5.92 Å². The standard InChI is InChI=1S/C36H32N2O3S/c1-2-3-4-10-23-16-18-25(19-17-23)33(39)31-32(34(40)29-15-9-22-42-29)38-28-14-8-5-11-24(28)20-21-30(38)36(31)26-12-6-7-13-27(26)37-35(36)41/h5-9,11-22,30-32H,2-4,10H2,1H3,(H,37,41)/t30-,31+,32-,36-/m1/s1. The molecule has 4 atom stereocenters. The summed E-state index contributed by atoms with van der Waals surface area (Å²) in [6.45, 7) is 2.19. The van der Waals surface area contributed by atoms with Crippen molar-refractivity contribution < 1.29 is 14.4 Å². The van der Waals surface area contributed by atoms with Crippen molar-refractivity contribution in [1.82, 2.24) is 0 Å². The number of amides is 1. The maximum Gasteiger partial charge on any atom is 0.238 e. The number of aryl methyl sites for hydroxylation is 1. The highest BCUT2D eigenvalue weighted by Gasteiger charge is 2.70. The fourth-order valence-electron chi connectivity index (χ4n) is 7.28. The van der Waals surface area contributed by atoms with Crippen LogP contribution >= 0.6 is 11.3 Å². The summed E-state index contributed by atoms with van der Waals surface area (Å²) < 4.78 is 0. The molecule has 1 spiro atoms. The zero-order valence-corrected chi connectivity index (χ0v) is 24.3. The highest BCUT2D eigenvalue weighted by atomic mass is 32.1. The van der Waals surface area contributed by atoms with Crippen LogP contribution in [0.5, 0.6) is 0 Å². The first-order chi connectivity index (χ1) is 20.6. The molecule has 6 heteroatoms. The molecule has 3 aliphatic rings. The Kier molecular flexibility index (Phi) is 6.66. The van der Waals surface area contributed by atoms with E-state index < -0.39 is 23.4 Å². The van der Waals surface area contributed by atoms with Crippen LogP contribution in [0.2, 0.25) is 0 Å². The number of fused-ring (bicyclic) bond motifs is 6. The van der Waals surface area contributed by atoms with E-state index in [0.717, 1.165) is 36.1 Å². The predicted octanol–water partition coefficient (Wildman–Crippen LogP) is 7.34. The molecule has 7 rings (SSSR count). The largest absolute Gasteiger partial charge is 0.352 e. The third-order valence-electron chi connectivity index (χ3n) is 9.16. The van der Waals surface area contributed by atoms with E-state index in [1.54, 1.807) is 0 Å². The van der Waals surface area contributed by atoms with Gasteiger partial charge in [-0.3, -0.25) is 14.4 Å². The highest BCUT2D eigenvalue weighted by Crippen LogP contribution is 2.58. The summed E-state index contributed by atoms with van der Waals surface area (Å²) in [5, 5.41) is 4.98. The molecular formula is C36H32N2O3S. The van der Waals surface area contributed by atoms with Crippen LogP contribution in [0.1, 0.15) is 62.9 Å². The topological polar surface area (TPSA) is 66.5 Å². The van der Waals surface area contributed by atoms with Gasteiger partial charge in [0.05, 0.1) is 16.8 Å². The zero-order valence-electron chi connectivity index (χ0n) is 23.5. The number of hydrogen-bond acceptors (Lipinski definition) is 5. The van der Waals surface area contributed by atoms with Gasteiger partial charge in [0.25, 0.3) is 0 Å². The van der Waals surface area contributed by atoms with Gasteiger partial charge in [-0.2, -0.15) is 0 Å². The van der Waals surface area contributed by atoms with Crippen LogP contribution in [0.25, 0.3) is 6.08 Å². The van der Waals surface area contributed by atoms with E-state index in [2.05, 4.69) is 17.1 Å². The average Bonchev–Trinajstić information content (AvgIpc) is 3.74. The first-order valence-corrected chi connectivity index (χ1v) is 15.6. The molecular weight excluding hydrogens is 540 g/mol. The van der Waals surface area contributed by atoms with E-state index in [1.165, 1.54) is 23.3 Å². The normalized spacial score (nSPS) is 23.4. The predicted molar refractivity (Wildman–Crippen MR) is 168 cm³/mol. The molecule has 0 saturated carbocycles. The molecule has 0 unspecified atom stereocenters. The number of nitrogens with one attached hydrogen (secondary N) is 1. The number of anilines is 2. The summed E-state index contributed by atoms with van der Waals surface area (Å²) in [5.74, 6) is -1.50. The van der Waals surface area contributed by atoms with Crippen molar-refractivity contribution in [2.24, 2.45) is 5.92 Å². The lowest BCUT2D eigenvalue weighted by molar-refractivity contribution is -0.121. The SMILES string of the molecule is CCCCCc1ccc(C(=O)[C@@H]2[C@H](C(=O)c3cccs3)N3c4ccccc4C=C[C@@H]3[C@@]23C(=O)Nc2ccccc23)cc1. The lowest BCUT2D eigenvalue weighted by Gasteiger charge is -2.37. The van der Waals surface area contributed by atoms with Crippen molar-refractivity contribution in [2.45, 2.75) is 50.1 Å². The molecule has 4 heterocycles. The summed E-state index contributed by atoms with van der Waals surface area (Å²) >= 11 is 1.37. The van der Waals surface area contributed by atoms with Gasteiger partial charge in [0, 0.05) is 16.9 Å². The maximum atomic E-state index is 14.9. The average molecular weight is 573 g/mol. The Hall–Kier alpha value is -4.29. The van der Waals surface area contributed by atoms with Crippen molar-refractivity contribution >= 4 is 46.3 Å². The minimum absolute atomic E-state index is 0.135. The second kappa shape index (κ2) is 10.5. The Bertz CT molecular complexity index is 1710. The molecule has 0 radical (unpaired) electrons. The number of nitrogens with zero attached hydrogens (tertiary/aromatic N) is 1. The van der Waals surface area contributed by atoms with Crippen molar-refractivity contribution in [1.29, 1.82) is 0 Å². The maximum absolute atomic E-state index is 14.9. The first kappa shape index (κ1) is 26.6. The van der Waals surface area contributed by atoms with Crippen LogP contribution in [-0.2, 0) is 16.6 Å². The Morgan fingerprint density at radius 1 is 0.905 bits per heavy atom. The van der Waals surface area contributed by atoms with Crippen LogP contribution in [0.15, 0.2) is 96.4 Å². The van der Waals surface area contributed by atoms with Gasteiger partial charge < -0.3 is 10.2 Å². The number of rotatable bonds is 8. The summed E-state index contributed by atoms with van der Waals surface area (Å²) in [6, 6.07) is 25.6. The van der Waals surface area contributed by atoms with Crippen LogP contribution in [-0.4, -0.2) is 29.6 Å². The van der Waals surface area contributed by atoms with E-state index >= 15 is 0 Å². The number of carbonyl (C=O) groups is 3. The third kappa shape index (κ3) is 3.92. The number of hydrogen-bond donors (Lipinski definition) is 1. The van der Waals surface area contributed by atoms with Gasteiger partial charge in [0.15, 0.2) is 11.6 Å². The molecule has 1 fully saturated rings. The van der Waals surface area contributed by atoms with E-state index in [0.29, 0.717) is 16.1 Å². The molecule has 4 aromatic rings. The summed E-state index contributed by atoms with van der Waals surface area (Å²) in [6.07, 6.45) is 8.42. The molecule has 1 N–H and O–H groups in total. The molecule has 3 aliphatic heterocycles. The van der Waals surface area contributed by atoms with Crippen LogP contribution in [0.4, 0.5) is 11.4 Å². The van der Waals surface area contributed by atoms with Crippen LogP contribution < -0.4 is 10.2 Å². The van der Waals surface area contributed by atoms with Crippen molar-refractivity contribution in [3.63, 3.8) is 0 Å². The molecule has 1 amide bonds. The number of ketones is 2. The third-order valence-corrected chi connectivity index (χ3v) is 10.0. The van der Waals surface area contributed by atoms with Crippen molar-refractivity contribution in [3.8, 4) is 0 Å². The number of carbonyl (C=O) groups excluding carboxylic acids is 3. The van der Waals surface area contributed by atoms with Gasteiger partial charge >= 0.3 is 0 Å². The minimum Gasteiger partial charge on any atom is -0.352 e. The van der Waals surface area contributed by atoms with Gasteiger partial charge in [-0.1, -0.05) is 98.6 Å². The summed E-state index contributed by atoms with van der Waals surface area (Å²) in [5.41, 5.74) is 3.72. The molecule has 210 valence electrons. The van der Waals surface area contributed by atoms with Gasteiger partial charge in [0.1, 0.15) is 11.5 Å². The Morgan fingerprint density at radius 3 is 2.48 bits per heavy atom. The van der Waals surface area contributed by atoms with E-state index in [4.69, 9.17) is 0 Å². The first-order valence-electron chi connectivity index (χ1n) is 14.7. The van der Waals surface area contributed by atoms with E-state index in [1.807, 2.05) is 102 Å². The van der Waals surface area contributed by atoms with Gasteiger partial charge in [-0.15, -0.1) is 11.3 Å². The van der Waals surface area contributed by atoms with Gasteiger partial charge in [-0.05, 0) is 53.1 Å². The fourth-order valence-corrected chi connectivity index (χ4v) is 7.98. The molecule has 1 saturated heterocycles. The molecule has 42 heavy (non-hydrogen) atoms. The van der Waals surface area contributed by atoms with Gasteiger partial charge in [0.2, 0.25) is 5.91 Å². The fraction of sp³-hybridized carbons (Fsp3) is 0.250. The molecule has 5 nitrogen and oxygen atoms in total. The van der Waals surface area contributed by atoms with Crippen molar-refractivity contribution in [2.75, 3.05) is 10.2 Å². The lowest BCUT2D eigenvalue weighted by Crippen LogP contribution is -2.51. The molecule has 1 aromatic heterocycles. The van der Waals surface area contributed by atoms with Gasteiger partial charge in [-0.25, -0.2) is 0 Å². The molecule has 0 bridgehead atoms. The number of Topliss-reactive ketones (excluding diaryl/α,β-unsaturated/α-hetero) is 2. The van der Waals surface area contributed by atoms with Crippen molar-refractivity contribution in [3.05, 3.63) is 124 Å². The number of unbranched alkanes of at least 4 members (excludes halogenated alkanes) is 2. The summed E-state index contributed by atoms with van der Waals surface area (Å²) in [7, 11) is 0. The Morgan fingerprint density at radius 2 is 1.69 bits per heavy atom. The zero-order chi connectivity index (χ0) is 28.8.